The van der Waals surface area contributed by atoms with E-state index in [1.165, 1.54) is 83.6 Å². The van der Waals surface area contributed by atoms with Gasteiger partial charge in [0.25, 0.3) is 0 Å². The van der Waals surface area contributed by atoms with E-state index in [0.717, 1.165) is 36.3 Å². The van der Waals surface area contributed by atoms with Crippen molar-refractivity contribution in [2.24, 2.45) is 40.2 Å². The van der Waals surface area contributed by atoms with Gasteiger partial charge in [0, 0.05) is 6.04 Å². The third-order valence-corrected chi connectivity index (χ3v) is 10.1. The molecule has 27 heavy (non-hydrogen) atoms. The Morgan fingerprint density at radius 2 is 1.59 bits per heavy atom. The quantitative estimate of drug-likeness (QED) is 0.545. The predicted octanol–water partition coefficient (Wildman–Crippen LogP) is 5.90. The van der Waals surface area contributed by atoms with Gasteiger partial charge in [-0.25, -0.2) is 0 Å². The number of unbranched alkanes of at least 4 members (excludes halogenated alkanes) is 3. The maximum absolute atomic E-state index is 5.62. The van der Waals surface area contributed by atoms with Crippen molar-refractivity contribution in [1.29, 1.82) is 0 Å². The first-order valence-corrected chi connectivity index (χ1v) is 12.5. The minimum atomic E-state index is 0.580. The van der Waals surface area contributed by atoms with Crippen LogP contribution in [0.2, 0.25) is 0 Å². The van der Waals surface area contributed by atoms with Crippen LogP contribution in [0.1, 0.15) is 104 Å². The van der Waals surface area contributed by atoms with Gasteiger partial charge in [-0.15, -0.1) is 0 Å². The lowest BCUT2D eigenvalue weighted by atomic mass is 9.45. The SMILES string of the molecule is C[C@]12CCCCC1CC[C@@H]1[C@H]2CC[C@]2(C)C(NCCCCCCN)CC[C@@H]12. The molecule has 4 rings (SSSR count). The van der Waals surface area contributed by atoms with Crippen LogP contribution >= 0.6 is 0 Å². The van der Waals surface area contributed by atoms with Crippen LogP contribution in [-0.2, 0) is 0 Å². The Morgan fingerprint density at radius 3 is 2.44 bits per heavy atom. The van der Waals surface area contributed by atoms with Gasteiger partial charge in [-0.3, -0.25) is 0 Å². The zero-order chi connectivity index (χ0) is 18.9. The van der Waals surface area contributed by atoms with Crippen LogP contribution in [-0.4, -0.2) is 19.1 Å². The second kappa shape index (κ2) is 8.34. The number of hydrogen-bond donors (Lipinski definition) is 2. The molecule has 2 unspecified atom stereocenters. The molecule has 0 heterocycles. The molecule has 3 N–H and O–H groups in total. The van der Waals surface area contributed by atoms with E-state index < -0.39 is 0 Å². The Morgan fingerprint density at radius 1 is 0.778 bits per heavy atom. The van der Waals surface area contributed by atoms with Crippen molar-refractivity contribution >= 4 is 0 Å². The lowest BCUT2D eigenvalue weighted by Gasteiger charge is -2.60. The van der Waals surface area contributed by atoms with E-state index in [1.807, 2.05) is 0 Å². The highest BCUT2D eigenvalue weighted by Gasteiger charge is 2.59. The molecule has 0 bridgehead atoms. The molecular weight excluding hydrogens is 328 g/mol. The monoisotopic (exact) mass is 374 g/mol. The zero-order valence-electron chi connectivity index (χ0n) is 18.3. The average Bonchev–Trinajstić information content (AvgIpc) is 3.00. The van der Waals surface area contributed by atoms with Crippen molar-refractivity contribution in [3.8, 4) is 0 Å². The second-order valence-corrected chi connectivity index (χ2v) is 11.2. The predicted molar refractivity (Wildman–Crippen MR) is 116 cm³/mol. The largest absolute Gasteiger partial charge is 0.330 e. The molecule has 4 saturated carbocycles. The summed E-state index contributed by atoms with van der Waals surface area (Å²) in [6.45, 7) is 7.47. The lowest BCUT2D eigenvalue weighted by Crippen LogP contribution is -2.55. The molecule has 0 radical (unpaired) electrons. The van der Waals surface area contributed by atoms with E-state index in [9.17, 15) is 0 Å². The van der Waals surface area contributed by atoms with Crippen LogP contribution in [0.3, 0.4) is 0 Å². The molecular formula is C25H46N2. The maximum Gasteiger partial charge on any atom is 0.0124 e. The molecule has 0 aromatic heterocycles. The van der Waals surface area contributed by atoms with E-state index >= 15 is 0 Å². The number of hydrogen-bond acceptors (Lipinski definition) is 2. The number of rotatable bonds is 7. The van der Waals surface area contributed by atoms with Crippen molar-refractivity contribution in [1.82, 2.24) is 5.32 Å². The van der Waals surface area contributed by atoms with Gasteiger partial charge in [-0.1, -0.05) is 39.5 Å². The maximum atomic E-state index is 5.62. The Hall–Kier alpha value is -0.0800. The van der Waals surface area contributed by atoms with Crippen molar-refractivity contribution in [3.05, 3.63) is 0 Å². The molecule has 156 valence electrons. The Kier molecular flexibility index (Phi) is 6.24. The molecule has 0 aromatic rings. The fraction of sp³-hybridized carbons (Fsp3) is 1.00. The van der Waals surface area contributed by atoms with Gasteiger partial charge in [-0.2, -0.15) is 0 Å². The number of nitrogens with one attached hydrogen (secondary N) is 1. The van der Waals surface area contributed by atoms with Crippen LogP contribution in [0.4, 0.5) is 0 Å². The Labute approximate surface area is 168 Å². The van der Waals surface area contributed by atoms with Crippen LogP contribution in [0.15, 0.2) is 0 Å². The van der Waals surface area contributed by atoms with E-state index in [-0.39, 0.29) is 0 Å². The summed E-state index contributed by atoms with van der Waals surface area (Å²) in [6.07, 6.45) is 20.3. The molecule has 0 aliphatic heterocycles. The first kappa shape index (κ1) is 20.2. The van der Waals surface area contributed by atoms with Crippen molar-refractivity contribution < 1.29 is 0 Å². The summed E-state index contributed by atoms with van der Waals surface area (Å²) < 4.78 is 0. The van der Waals surface area contributed by atoms with E-state index in [0.29, 0.717) is 10.8 Å². The standard InChI is InChI=1S/C25H46N2/c1-24-15-6-5-9-19(24)10-11-20-21-12-13-23(25(21,2)16-14-22(20)24)27-18-8-4-3-7-17-26/h19-23,27H,3-18,26H2,1-2H3/t19?,20-,21-,22+,23?,24-,25-/m0/s1. The van der Waals surface area contributed by atoms with Gasteiger partial charge < -0.3 is 11.1 Å². The minimum Gasteiger partial charge on any atom is -0.330 e. The molecule has 0 aromatic carbocycles. The molecule has 0 amide bonds. The van der Waals surface area contributed by atoms with Crippen LogP contribution in [0.25, 0.3) is 0 Å². The second-order valence-electron chi connectivity index (χ2n) is 11.2. The summed E-state index contributed by atoms with van der Waals surface area (Å²) in [5, 5.41) is 4.03. The van der Waals surface area contributed by atoms with Gasteiger partial charge in [0.15, 0.2) is 0 Å². The summed E-state index contributed by atoms with van der Waals surface area (Å²) in [5.74, 6) is 4.15. The van der Waals surface area contributed by atoms with E-state index in [2.05, 4.69) is 19.2 Å². The molecule has 4 aliphatic carbocycles. The third kappa shape index (κ3) is 3.63. The zero-order valence-corrected chi connectivity index (χ0v) is 18.3. The molecule has 4 aliphatic rings. The first-order chi connectivity index (χ1) is 13.1. The highest BCUT2D eigenvalue weighted by Crippen LogP contribution is 2.66. The summed E-state index contributed by atoms with van der Waals surface area (Å²) in [5.41, 5.74) is 6.89. The van der Waals surface area contributed by atoms with Crippen LogP contribution in [0, 0.1) is 34.5 Å². The topological polar surface area (TPSA) is 38.0 Å². The lowest BCUT2D eigenvalue weighted by molar-refractivity contribution is -0.107. The van der Waals surface area contributed by atoms with Gasteiger partial charge in [0.1, 0.15) is 0 Å². The van der Waals surface area contributed by atoms with Crippen LogP contribution < -0.4 is 11.1 Å². The van der Waals surface area contributed by atoms with Crippen molar-refractivity contribution in [2.75, 3.05) is 13.1 Å². The molecule has 0 saturated heterocycles. The van der Waals surface area contributed by atoms with Gasteiger partial charge in [-0.05, 0) is 112 Å². The molecule has 4 fully saturated rings. The molecule has 2 nitrogen and oxygen atoms in total. The highest BCUT2D eigenvalue weighted by atomic mass is 14.9. The molecule has 7 atom stereocenters. The Bertz CT molecular complexity index is 491. The highest BCUT2D eigenvalue weighted by molar-refractivity contribution is 5.10. The van der Waals surface area contributed by atoms with E-state index in [1.54, 1.807) is 12.8 Å². The van der Waals surface area contributed by atoms with E-state index in [4.69, 9.17) is 5.73 Å². The van der Waals surface area contributed by atoms with Crippen LogP contribution in [0.5, 0.6) is 0 Å². The fourth-order valence-corrected chi connectivity index (χ4v) is 8.53. The van der Waals surface area contributed by atoms with Crippen molar-refractivity contribution in [2.45, 2.75) is 110 Å². The third-order valence-electron chi connectivity index (χ3n) is 10.1. The minimum absolute atomic E-state index is 0.580. The molecule has 0 spiro atoms. The van der Waals surface area contributed by atoms with Crippen molar-refractivity contribution in [3.63, 3.8) is 0 Å². The van der Waals surface area contributed by atoms with Gasteiger partial charge in [0.05, 0.1) is 0 Å². The first-order valence-electron chi connectivity index (χ1n) is 12.5. The van der Waals surface area contributed by atoms with Gasteiger partial charge in [0.2, 0.25) is 0 Å². The molecule has 2 heteroatoms. The summed E-state index contributed by atoms with van der Waals surface area (Å²) >= 11 is 0. The number of fused-ring (bicyclic) bond motifs is 5. The number of nitrogens with two attached hydrogens (primary N) is 1. The summed E-state index contributed by atoms with van der Waals surface area (Å²) in [4.78, 5) is 0. The summed E-state index contributed by atoms with van der Waals surface area (Å²) in [7, 11) is 0. The Balaban J connectivity index is 1.36. The smallest absolute Gasteiger partial charge is 0.0124 e. The fourth-order valence-electron chi connectivity index (χ4n) is 8.53. The van der Waals surface area contributed by atoms with Gasteiger partial charge >= 0.3 is 0 Å². The summed E-state index contributed by atoms with van der Waals surface area (Å²) in [6, 6.07) is 0.787. The average molecular weight is 375 g/mol. The normalized spacial score (nSPS) is 46.6.